The first-order valence-electron chi connectivity index (χ1n) is 12.1. The van der Waals surface area contributed by atoms with Gasteiger partial charge < -0.3 is 5.11 Å². The van der Waals surface area contributed by atoms with Crippen LogP contribution in [0.3, 0.4) is 0 Å². The highest BCUT2D eigenvalue weighted by Crippen LogP contribution is 2.14. The van der Waals surface area contributed by atoms with Crippen LogP contribution < -0.4 is 0 Å². The second kappa shape index (κ2) is 23.2. The van der Waals surface area contributed by atoms with Gasteiger partial charge in [-0.15, -0.1) is 0 Å². The van der Waals surface area contributed by atoms with Crippen LogP contribution in [0.1, 0.15) is 142 Å². The summed E-state index contributed by atoms with van der Waals surface area (Å²) < 4.78 is 0. The van der Waals surface area contributed by atoms with E-state index in [0.29, 0.717) is 6.42 Å². The molecular weight excluding hydrogens is 332 g/mol. The maximum Gasteiger partial charge on any atom is 0.303 e. The molecule has 2 nitrogen and oxygen atoms in total. The molecule has 0 fully saturated rings. The summed E-state index contributed by atoms with van der Waals surface area (Å²) in [6, 6.07) is 0. The van der Waals surface area contributed by atoms with Crippen molar-refractivity contribution >= 4 is 5.97 Å². The average molecular weight is 381 g/mol. The fraction of sp³-hybridized carbons (Fsp3) is 0.880. The fourth-order valence-corrected chi connectivity index (χ4v) is 3.58. The van der Waals surface area contributed by atoms with E-state index in [1.54, 1.807) is 0 Å². The predicted molar refractivity (Wildman–Crippen MR) is 119 cm³/mol. The van der Waals surface area contributed by atoms with Crippen LogP contribution in [-0.2, 0) is 4.79 Å². The van der Waals surface area contributed by atoms with Crippen LogP contribution in [0.25, 0.3) is 0 Å². The highest BCUT2D eigenvalue weighted by atomic mass is 16.4. The third kappa shape index (κ3) is 25.2. The van der Waals surface area contributed by atoms with Gasteiger partial charge in [0.1, 0.15) is 0 Å². The van der Waals surface area contributed by atoms with Gasteiger partial charge in [0, 0.05) is 6.42 Å². The monoisotopic (exact) mass is 380 g/mol. The lowest BCUT2D eigenvalue weighted by Crippen LogP contribution is -1.93. The summed E-state index contributed by atoms with van der Waals surface area (Å²) in [4.78, 5) is 10.4. The van der Waals surface area contributed by atoms with Crippen molar-refractivity contribution < 1.29 is 9.90 Å². The fourth-order valence-electron chi connectivity index (χ4n) is 3.58. The molecule has 0 aromatic heterocycles. The van der Waals surface area contributed by atoms with Crippen LogP contribution in [0.4, 0.5) is 0 Å². The van der Waals surface area contributed by atoms with E-state index in [2.05, 4.69) is 19.1 Å². The number of carbonyl (C=O) groups is 1. The number of hydrogen-bond donors (Lipinski definition) is 1. The van der Waals surface area contributed by atoms with Crippen LogP contribution in [0.2, 0.25) is 0 Å². The molecule has 2 heteroatoms. The zero-order valence-electron chi connectivity index (χ0n) is 18.4. The first kappa shape index (κ1) is 26.2. The van der Waals surface area contributed by atoms with Crippen molar-refractivity contribution in [2.24, 2.45) is 0 Å². The van der Waals surface area contributed by atoms with Gasteiger partial charge >= 0.3 is 5.97 Å². The van der Waals surface area contributed by atoms with E-state index in [-0.39, 0.29) is 0 Å². The van der Waals surface area contributed by atoms with Crippen LogP contribution in [0.5, 0.6) is 0 Å². The Morgan fingerprint density at radius 1 is 0.556 bits per heavy atom. The molecule has 0 aromatic carbocycles. The second-order valence-electron chi connectivity index (χ2n) is 8.20. The normalized spacial score (nSPS) is 11.4. The Hall–Kier alpha value is -0.790. The maximum absolute atomic E-state index is 10.4. The third-order valence-electron chi connectivity index (χ3n) is 5.40. The molecule has 0 amide bonds. The lowest BCUT2D eigenvalue weighted by molar-refractivity contribution is -0.137. The SMILES string of the molecule is CCCCC/C=C\CCCCCCCCCCCCCCCCCC(=O)O. The van der Waals surface area contributed by atoms with Gasteiger partial charge in [-0.2, -0.15) is 0 Å². The maximum atomic E-state index is 10.4. The Morgan fingerprint density at radius 3 is 1.26 bits per heavy atom. The van der Waals surface area contributed by atoms with Crippen molar-refractivity contribution in [3.8, 4) is 0 Å². The standard InChI is InChI=1S/C25H48O2/c1-2-3-4-5-6-7-8-9-10-11-12-13-14-15-16-17-18-19-20-21-22-23-24-25(26)27/h6-7H,2-5,8-24H2,1H3,(H,26,27)/b7-6-. The summed E-state index contributed by atoms with van der Waals surface area (Å²) in [5.74, 6) is -0.652. The summed E-state index contributed by atoms with van der Waals surface area (Å²) >= 11 is 0. The molecule has 160 valence electrons. The van der Waals surface area contributed by atoms with Crippen molar-refractivity contribution in [3.63, 3.8) is 0 Å². The molecule has 0 aliphatic rings. The first-order valence-corrected chi connectivity index (χ1v) is 12.1. The highest BCUT2D eigenvalue weighted by Gasteiger charge is 1.97. The van der Waals surface area contributed by atoms with Gasteiger partial charge in [0.15, 0.2) is 0 Å². The number of rotatable bonds is 22. The number of carboxylic acids is 1. The molecule has 0 bridgehead atoms. The Bertz CT molecular complexity index is 322. The number of allylic oxidation sites excluding steroid dienone is 2. The summed E-state index contributed by atoms with van der Waals surface area (Å²) in [6.45, 7) is 2.27. The third-order valence-corrected chi connectivity index (χ3v) is 5.40. The second-order valence-corrected chi connectivity index (χ2v) is 8.20. The highest BCUT2D eigenvalue weighted by molar-refractivity contribution is 5.66. The molecular formula is C25H48O2. The van der Waals surface area contributed by atoms with Crippen LogP contribution >= 0.6 is 0 Å². The van der Waals surface area contributed by atoms with Gasteiger partial charge in [-0.3, -0.25) is 4.79 Å². The zero-order valence-corrected chi connectivity index (χ0v) is 18.4. The van der Waals surface area contributed by atoms with Crippen molar-refractivity contribution in [3.05, 3.63) is 12.2 Å². The summed E-state index contributed by atoms with van der Waals surface area (Å²) in [5, 5.41) is 8.58. The predicted octanol–water partition coefficient (Wildman–Crippen LogP) is 8.84. The Labute approximate surface area is 170 Å². The Morgan fingerprint density at radius 2 is 0.889 bits per heavy atom. The minimum absolute atomic E-state index is 0.343. The minimum Gasteiger partial charge on any atom is -0.481 e. The Kier molecular flexibility index (Phi) is 22.6. The molecule has 0 radical (unpaired) electrons. The van der Waals surface area contributed by atoms with Crippen LogP contribution in [-0.4, -0.2) is 11.1 Å². The topological polar surface area (TPSA) is 37.3 Å². The quantitative estimate of drug-likeness (QED) is 0.150. The molecule has 0 unspecified atom stereocenters. The molecule has 0 saturated heterocycles. The van der Waals surface area contributed by atoms with Gasteiger partial charge in [-0.25, -0.2) is 0 Å². The lowest BCUT2D eigenvalue weighted by Gasteiger charge is -2.03. The van der Waals surface area contributed by atoms with Gasteiger partial charge in [0.05, 0.1) is 0 Å². The van der Waals surface area contributed by atoms with Gasteiger partial charge in [-0.1, -0.05) is 115 Å². The zero-order chi connectivity index (χ0) is 19.8. The van der Waals surface area contributed by atoms with Gasteiger partial charge in [0.25, 0.3) is 0 Å². The van der Waals surface area contributed by atoms with E-state index in [1.165, 1.54) is 116 Å². The van der Waals surface area contributed by atoms with E-state index in [1.807, 2.05) is 0 Å². The van der Waals surface area contributed by atoms with E-state index in [4.69, 9.17) is 5.11 Å². The Balaban J connectivity index is 3.04. The number of carboxylic acid groups (broad SMARTS) is 1. The van der Waals surface area contributed by atoms with Crippen molar-refractivity contribution in [2.75, 3.05) is 0 Å². The smallest absolute Gasteiger partial charge is 0.303 e. The van der Waals surface area contributed by atoms with E-state index in [0.717, 1.165) is 12.8 Å². The van der Waals surface area contributed by atoms with E-state index >= 15 is 0 Å². The first-order chi connectivity index (χ1) is 13.3. The average Bonchev–Trinajstić information content (AvgIpc) is 2.65. The molecule has 0 rings (SSSR count). The molecule has 27 heavy (non-hydrogen) atoms. The molecule has 0 saturated carbocycles. The largest absolute Gasteiger partial charge is 0.481 e. The van der Waals surface area contributed by atoms with E-state index < -0.39 is 5.97 Å². The molecule has 0 heterocycles. The van der Waals surface area contributed by atoms with Gasteiger partial charge in [0.2, 0.25) is 0 Å². The van der Waals surface area contributed by atoms with Crippen molar-refractivity contribution in [1.29, 1.82) is 0 Å². The van der Waals surface area contributed by atoms with Crippen LogP contribution in [0, 0.1) is 0 Å². The van der Waals surface area contributed by atoms with Gasteiger partial charge in [-0.05, 0) is 32.1 Å². The van der Waals surface area contributed by atoms with Crippen LogP contribution in [0.15, 0.2) is 12.2 Å². The number of hydrogen-bond acceptors (Lipinski definition) is 1. The summed E-state index contributed by atoms with van der Waals surface area (Å²) in [5.41, 5.74) is 0. The number of unbranched alkanes of at least 4 members (excludes halogenated alkanes) is 18. The molecule has 0 aliphatic carbocycles. The molecule has 0 aromatic rings. The lowest BCUT2D eigenvalue weighted by atomic mass is 10.0. The molecule has 0 aliphatic heterocycles. The van der Waals surface area contributed by atoms with Crippen molar-refractivity contribution in [2.45, 2.75) is 142 Å². The summed E-state index contributed by atoms with van der Waals surface area (Å²) in [7, 11) is 0. The molecule has 1 N–H and O–H groups in total. The number of aliphatic carboxylic acids is 1. The van der Waals surface area contributed by atoms with E-state index in [9.17, 15) is 4.79 Å². The summed E-state index contributed by atoms with van der Waals surface area (Å²) in [6.07, 6.45) is 31.6. The molecule has 0 spiro atoms. The molecule has 0 atom stereocenters. The minimum atomic E-state index is -0.652. The van der Waals surface area contributed by atoms with Crippen molar-refractivity contribution in [1.82, 2.24) is 0 Å².